The minimum Gasteiger partial charge on any atom is -0.465 e. The number of esters is 8. The van der Waals surface area contributed by atoms with E-state index in [1.165, 1.54) is 34.6 Å². The van der Waals surface area contributed by atoms with E-state index in [2.05, 4.69) is 33.8 Å². The Kier molecular flexibility index (Phi) is 17.7. The molecule has 6 aliphatic rings. The third-order valence-corrected chi connectivity index (χ3v) is 19.1. The van der Waals surface area contributed by atoms with Gasteiger partial charge in [0, 0.05) is 58.1 Å². The van der Waals surface area contributed by atoms with E-state index >= 15 is 0 Å². The van der Waals surface area contributed by atoms with E-state index in [-0.39, 0.29) is 48.0 Å². The van der Waals surface area contributed by atoms with Crippen LogP contribution in [-0.4, -0.2) is 116 Å². The molecular weight excluding hydrogens is 985 g/mol. The zero-order valence-electron chi connectivity index (χ0n) is 47.9. The van der Waals surface area contributed by atoms with Crippen LogP contribution >= 0.6 is 0 Å². The van der Waals surface area contributed by atoms with Gasteiger partial charge in [-0.25, -0.2) is 9.59 Å². The molecule has 1 saturated heterocycles. The molecule has 18 nitrogen and oxygen atoms in total. The number of carbonyl (C=O) groups is 8. The summed E-state index contributed by atoms with van der Waals surface area (Å²) in [5, 5.41) is 0. The molecule has 6 rings (SSSR count). The van der Waals surface area contributed by atoms with Crippen molar-refractivity contribution in [1.82, 2.24) is 0 Å². The van der Waals surface area contributed by atoms with Gasteiger partial charge < -0.3 is 47.4 Å². The van der Waals surface area contributed by atoms with Gasteiger partial charge in [0.25, 0.3) is 0 Å². The van der Waals surface area contributed by atoms with Crippen molar-refractivity contribution in [1.29, 1.82) is 0 Å². The number of ether oxygens (including phenoxy) is 10. The predicted molar refractivity (Wildman–Crippen MR) is 273 cm³/mol. The Hall–Kier alpha value is -5.10. The van der Waals surface area contributed by atoms with Gasteiger partial charge in [-0.15, -0.1) is 0 Å². The molecule has 17 atom stereocenters. The molecule has 0 aromatic carbocycles. The molecule has 0 aromatic heterocycles. The van der Waals surface area contributed by atoms with Crippen molar-refractivity contribution in [2.45, 2.75) is 218 Å². The van der Waals surface area contributed by atoms with Crippen LogP contribution in [0.2, 0.25) is 0 Å². The quantitative estimate of drug-likeness (QED) is 0.0523. The average molecular weight is 1070 g/mol. The number of hydrogen-bond acceptors (Lipinski definition) is 18. The number of fused-ring (bicyclic) bond motifs is 7. The zero-order valence-corrected chi connectivity index (χ0v) is 47.9. The van der Waals surface area contributed by atoms with Gasteiger partial charge in [0.2, 0.25) is 0 Å². The summed E-state index contributed by atoms with van der Waals surface area (Å²) >= 11 is 0. The van der Waals surface area contributed by atoms with Crippen molar-refractivity contribution in [2.75, 3.05) is 13.2 Å². The van der Waals surface area contributed by atoms with E-state index in [9.17, 15) is 38.4 Å². The van der Waals surface area contributed by atoms with Crippen LogP contribution in [0.1, 0.15) is 163 Å². The number of allylic oxidation sites excluding steroid dienone is 4. The molecule has 5 fully saturated rings. The van der Waals surface area contributed by atoms with E-state index < -0.39 is 136 Å². The van der Waals surface area contributed by atoms with E-state index in [4.69, 9.17) is 47.4 Å². The number of carbonyl (C=O) groups excluding carboxylic acids is 8. The molecule has 1 aliphatic heterocycles. The van der Waals surface area contributed by atoms with E-state index in [1.807, 2.05) is 13.8 Å². The first-order valence-electron chi connectivity index (χ1n) is 26.9. The summed E-state index contributed by atoms with van der Waals surface area (Å²) in [6, 6.07) is 0. The molecule has 0 radical (unpaired) electrons. The molecule has 18 heteroatoms. The Balaban J connectivity index is 1.52. The Bertz CT molecular complexity index is 2400. The third kappa shape index (κ3) is 10.9. The van der Waals surface area contributed by atoms with Crippen LogP contribution in [0.15, 0.2) is 34.9 Å². The second kappa shape index (κ2) is 22.3. The molecule has 424 valence electrons. The van der Waals surface area contributed by atoms with Crippen molar-refractivity contribution < 1.29 is 85.7 Å². The van der Waals surface area contributed by atoms with E-state index in [0.717, 1.165) is 18.9 Å². The monoisotopic (exact) mass is 1070 g/mol. The average Bonchev–Trinajstić information content (AvgIpc) is 3.31. The fourth-order valence-corrected chi connectivity index (χ4v) is 15.1. The highest BCUT2D eigenvalue weighted by atomic mass is 16.7. The topological polar surface area (TPSA) is 229 Å². The van der Waals surface area contributed by atoms with Crippen LogP contribution in [0, 0.1) is 50.2 Å². The minimum atomic E-state index is -1.56. The first kappa shape index (κ1) is 60.1. The Morgan fingerprint density at radius 3 is 1.67 bits per heavy atom. The van der Waals surface area contributed by atoms with Gasteiger partial charge >= 0.3 is 47.8 Å². The van der Waals surface area contributed by atoms with Gasteiger partial charge in [0.05, 0.1) is 11.5 Å². The summed E-state index contributed by atoms with van der Waals surface area (Å²) in [6.07, 6.45) is -1.72. The van der Waals surface area contributed by atoms with E-state index in [0.29, 0.717) is 32.1 Å². The molecule has 0 spiro atoms. The lowest BCUT2D eigenvalue weighted by atomic mass is 9.33. The SMILES string of the molecule is C/C=C(/C)C(=O)O[C@@H]1[C@@H](OC(C)=O)[C@H](O[C@H]2[C@H](OC(C)=O)[C@@]3(COC(C)=O)[C@H](CC2(C)C)C2=CC[C@@H]4[C@@]5(C)CC[C@H](OC(C)=O)[C@](C)(COC(C)=O)[C@@H]5CC[C@@]4(C)[C@]2(C)C[C@H]3OC(C)=O)O[C@H](C)[C@H]1OC(=O)/C(C)=C\C. The summed E-state index contributed by atoms with van der Waals surface area (Å²) in [6.45, 7) is 28.4. The van der Waals surface area contributed by atoms with Crippen molar-refractivity contribution in [2.24, 2.45) is 50.2 Å². The molecule has 0 aromatic rings. The lowest BCUT2D eigenvalue weighted by Gasteiger charge is -2.72. The number of hydrogen-bond donors (Lipinski definition) is 0. The standard InChI is InChI=1S/C58H84O18/c1-18-30(3)50(65)74-45-32(5)69-52(47(72-37(10)63)46(45)75-51(66)31(4)19-2)76-48-49(73-38(11)64)58(29-68-34(7)60)40(26-53(48,12)13)39-20-21-42-54(14)24-23-43(70-35(8)61)55(15,28-67-33(6)59)41(54)22-25-56(42,16)57(39,17)27-44(58)71-36(9)62/h18-20,32,40-49,52H,21-29H2,1-17H3/b30-18-,31-19-/t32-,40-,41-,42-,43+,44-,45-,46+,47-,48+,49+,52+,54+,55-,56-,57-,58+/m1/s1. The van der Waals surface area contributed by atoms with Crippen LogP contribution in [-0.2, 0) is 85.7 Å². The third-order valence-electron chi connectivity index (χ3n) is 19.1. The summed E-state index contributed by atoms with van der Waals surface area (Å²) in [5.74, 6) is -5.60. The number of rotatable bonds is 14. The Labute approximate surface area is 448 Å². The van der Waals surface area contributed by atoms with Gasteiger partial charge in [-0.2, -0.15) is 0 Å². The van der Waals surface area contributed by atoms with Crippen LogP contribution in [0.25, 0.3) is 0 Å². The zero-order chi connectivity index (χ0) is 56.8. The molecule has 0 bridgehead atoms. The second-order valence-electron chi connectivity index (χ2n) is 24.2. The maximum absolute atomic E-state index is 13.8. The van der Waals surface area contributed by atoms with Crippen molar-refractivity contribution in [3.8, 4) is 0 Å². The minimum absolute atomic E-state index is 0.0136. The normalized spacial score (nSPS) is 39.6. The van der Waals surface area contributed by atoms with Gasteiger partial charge in [-0.05, 0) is 119 Å². The lowest BCUT2D eigenvalue weighted by Crippen LogP contribution is -2.74. The summed E-state index contributed by atoms with van der Waals surface area (Å²) < 4.78 is 62.6. The fraction of sp³-hybridized carbons (Fsp3) is 0.759. The predicted octanol–water partition coefficient (Wildman–Crippen LogP) is 8.34. The largest absolute Gasteiger partial charge is 0.465 e. The summed E-state index contributed by atoms with van der Waals surface area (Å²) in [5.41, 5.74) is -3.11. The van der Waals surface area contributed by atoms with Crippen LogP contribution < -0.4 is 0 Å². The smallest absolute Gasteiger partial charge is 0.333 e. The van der Waals surface area contributed by atoms with E-state index in [1.54, 1.807) is 46.8 Å². The van der Waals surface area contributed by atoms with Crippen LogP contribution in [0.3, 0.4) is 0 Å². The van der Waals surface area contributed by atoms with Crippen molar-refractivity contribution >= 4 is 47.8 Å². The highest BCUT2D eigenvalue weighted by molar-refractivity contribution is 5.89. The van der Waals surface area contributed by atoms with Crippen LogP contribution in [0.5, 0.6) is 0 Å². The molecule has 0 amide bonds. The highest BCUT2D eigenvalue weighted by Gasteiger charge is 2.75. The first-order chi connectivity index (χ1) is 35.3. The molecule has 0 unspecified atom stereocenters. The Morgan fingerprint density at radius 2 is 1.13 bits per heavy atom. The maximum atomic E-state index is 13.8. The van der Waals surface area contributed by atoms with Gasteiger partial charge in [-0.3, -0.25) is 28.8 Å². The van der Waals surface area contributed by atoms with Crippen molar-refractivity contribution in [3.63, 3.8) is 0 Å². The molecular formula is C58H84O18. The van der Waals surface area contributed by atoms with Crippen molar-refractivity contribution in [3.05, 3.63) is 34.9 Å². The molecule has 4 saturated carbocycles. The second-order valence-corrected chi connectivity index (χ2v) is 24.2. The van der Waals surface area contributed by atoms with Gasteiger partial charge in [-0.1, -0.05) is 65.3 Å². The molecule has 5 aliphatic carbocycles. The summed E-state index contributed by atoms with van der Waals surface area (Å²) in [7, 11) is 0. The lowest BCUT2D eigenvalue weighted by molar-refractivity contribution is -0.343. The molecule has 76 heavy (non-hydrogen) atoms. The van der Waals surface area contributed by atoms with Gasteiger partial charge in [0.15, 0.2) is 24.6 Å². The maximum Gasteiger partial charge on any atom is 0.333 e. The molecule has 0 N–H and O–H groups in total. The van der Waals surface area contributed by atoms with Crippen LogP contribution in [0.4, 0.5) is 0 Å². The summed E-state index contributed by atoms with van der Waals surface area (Å²) in [4.78, 5) is 106. The Morgan fingerprint density at radius 1 is 0.592 bits per heavy atom. The molecule has 1 heterocycles. The van der Waals surface area contributed by atoms with Gasteiger partial charge in [0.1, 0.15) is 37.6 Å². The fourth-order valence-electron chi connectivity index (χ4n) is 15.1. The highest BCUT2D eigenvalue weighted by Crippen LogP contribution is 2.76. The first-order valence-corrected chi connectivity index (χ1v) is 26.9.